The van der Waals surface area contributed by atoms with E-state index in [0.29, 0.717) is 23.0 Å². The highest BCUT2D eigenvalue weighted by atomic mass is 32.2. The molecule has 5 atom stereocenters. The number of hydrogen-bond acceptors (Lipinski definition) is 7. The summed E-state index contributed by atoms with van der Waals surface area (Å²) in [6, 6.07) is 3.30. The third-order valence-electron chi connectivity index (χ3n) is 7.57. The van der Waals surface area contributed by atoms with Crippen LogP contribution in [-0.4, -0.2) is 52.3 Å². The van der Waals surface area contributed by atoms with Gasteiger partial charge >= 0.3 is 5.97 Å². The summed E-state index contributed by atoms with van der Waals surface area (Å²) in [5.41, 5.74) is 1.21. The van der Waals surface area contributed by atoms with Gasteiger partial charge in [-0.25, -0.2) is 0 Å². The maximum atomic E-state index is 13.8. The average molecular weight is 440 g/mol. The summed E-state index contributed by atoms with van der Waals surface area (Å²) in [4.78, 5) is 39.9. The van der Waals surface area contributed by atoms with Crippen molar-refractivity contribution in [3.05, 3.63) is 35.4 Å². The van der Waals surface area contributed by atoms with E-state index in [2.05, 4.69) is 17.1 Å². The van der Waals surface area contributed by atoms with E-state index < -0.39 is 5.97 Å². The summed E-state index contributed by atoms with van der Waals surface area (Å²) < 4.78 is 12.0. The van der Waals surface area contributed by atoms with Gasteiger partial charge in [-0.15, -0.1) is 0 Å². The summed E-state index contributed by atoms with van der Waals surface area (Å²) in [5.74, 6) is 1.31. The number of nitrogens with zero attached hydrogens (tertiary/aromatic N) is 1. The first-order chi connectivity index (χ1) is 14.9. The normalized spacial score (nSPS) is 34.8. The summed E-state index contributed by atoms with van der Waals surface area (Å²) in [6.45, 7) is 4.75. The molecule has 2 fully saturated rings. The first kappa shape index (κ1) is 19.6. The number of hydrogen-bond donors (Lipinski definition) is 0. The molecule has 2 aliphatic heterocycles. The molecule has 0 amide bonds. The third-order valence-corrected chi connectivity index (χ3v) is 8.57. The molecule has 6 nitrogen and oxygen atoms in total. The van der Waals surface area contributed by atoms with Gasteiger partial charge in [0.1, 0.15) is 6.10 Å². The van der Waals surface area contributed by atoms with Crippen LogP contribution in [0.15, 0.2) is 24.3 Å². The van der Waals surface area contributed by atoms with E-state index >= 15 is 0 Å². The van der Waals surface area contributed by atoms with Crippen LogP contribution in [0.5, 0.6) is 11.5 Å². The Morgan fingerprint density at radius 1 is 1.26 bits per heavy atom. The van der Waals surface area contributed by atoms with Gasteiger partial charge in [-0.3, -0.25) is 19.3 Å². The minimum atomic E-state index is -0.421. The number of ketones is 1. The molecule has 3 aliphatic carbocycles. The zero-order chi connectivity index (χ0) is 21.5. The zero-order valence-electron chi connectivity index (χ0n) is 17.6. The van der Waals surface area contributed by atoms with Gasteiger partial charge < -0.3 is 9.47 Å². The van der Waals surface area contributed by atoms with Crippen molar-refractivity contribution in [1.82, 2.24) is 4.90 Å². The van der Waals surface area contributed by atoms with Crippen molar-refractivity contribution in [2.45, 2.75) is 55.9 Å². The zero-order valence-corrected chi connectivity index (χ0v) is 18.4. The van der Waals surface area contributed by atoms with Crippen molar-refractivity contribution in [2.24, 2.45) is 11.8 Å². The van der Waals surface area contributed by atoms with E-state index in [9.17, 15) is 14.4 Å². The van der Waals surface area contributed by atoms with Crippen LogP contribution in [0.1, 0.15) is 49.0 Å². The number of rotatable bonds is 4. The fourth-order valence-electron chi connectivity index (χ4n) is 6.31. The van der Waals surface area contributed by atoms with E-state index in [4.69, 9.17) is 9.47 Å². The van der Waals surface area contributed by atoms with E-state index in [-0.39, 0.29) is 39.6 Å². The van der Waals surface area contributed by atoms with Crippen molar-refractivity contribution in [3.63, 3.8) is 0 Å². The van der Waals surface area contributed by atoms with Crippen molar-refractivity contribution < 1.29 is 23.9 Å². The second kappa shape index (κ2) is 6.69. The topological polar surface area (TPSA) is 72.9 Å². The van der Waals surface area contributed by atoms with Crippen molar-refractivity contribution in [2.75, 3.05) is 13.1 Å². The van der Waals surface area contributed by atoms with E-state index in [1.54, 1.807) is 13.0 Å². The van der Waals surface area contributed by atoms with Gasteiger partial charge in [-0.2, -0.15) is 0 Å². The lowest BCUT2D eigenvalue weighted by atomic mass is 9.53. The van der Waals surface area contributed by atoms with Crippen LogP contribution in [0.2, 0.25) is 0 Å². The molecule has 0 N–H and O–H groups in total. The minimum Gasteiger partial charge on any atom is -0.484 e. The molecule has 1 saturated heterocycles. The molecule has 1 saturated carbocycles. The lowest BCUT2D eigenvalue weighted by molar-refractivity contribution is -0.132. The van der Waals surface area contributed by atoms with Gasteiger partial charge in [0, 0.05) is 42.9 Å². The van der Waals surface area contributed by atoms with Gasteiger partial charge in [0.25, 0.3) is 0 Å². The number of carbonyl (C=O) groups is 3. The van der Waals surface area contributed by atoms with E-state index in [1.807, 2.05) is 6.07 Å². The van der Waals surface area contributed by atoms with Gasteiger partial charge in [0.05, 0.1) is 11.3 Å². The number of Topliss-reactive ketones (excluding diaryl/α,β-unsaturated/α-hetero) is 1. The van der Waals surface area contributed by atoms with Crippen molar-refractivity contribution in [3.8, 4) is 11.5 Å². The highest BCUT2D eigenvalue weighted by Gasteiger charge is 2.67. The number of likely N-dealkylation sites (tertiary alicyclic amines) is 1. The SMILES string of the molecule is CC(=O)Oc1ccc2c3c1O[C@H]1[C@H](SC(C)=O)C=C[C@H]4[C@@H](C2=O)N(CC2CC2)CC[C@@]341. The molecule has 31 heavy (non-hydrogen) atoms. The Morgan fingerprint density at radius 3 is 2.77 bits per heavy atom. The molecule has 6 rings (SSSR count). The Kier molecular flexibility index (Phi) is 4.22. The van der Waals surface area contributed by atoms with Gasteiger partial charge in [-0.1, -0.05) is 23.9 Å². The fraction of sp³-hybridized carbons (Fsp3) is 0.542. The van der Waals surface area contributed by atoms with Crippen LogP contribution in [-0.2, 0) is 15.0 Å². The quantitative estimate of drug-likeness (QED) is 0.405. The molecule has 2 bridgehead atoms. The maximum absolute atomic E-state index is 13.8. The molecule has 1 aromatic rings. The monoisotopic (exact) mass is 439 g/mol. The average Bonchev–Trinajstić information content (AvgIpc) is 3.46. The molecule has 2 heterocycles. The minimum absolute atomic E-state index is 0.00244. The Labute approximate surface area is 185 Å². The van der Waals surface area contributed by atoms with Crippen LogP contribution in [0.25, 0.3) is 0 Å². The van der Waals surface area contributed by atoms with Crippen LogP contribution >= 0.6 is 11.8 Å². The van der Waals surface area contributed by atoms with Crippen molar-refractivity contribution in [1.29, 1.82) is 0 Å². The highest BCUT2D eigenvalue weighted by Crippen LogP contribution is 2.63. The lowest BCUT2D eigenvalue weighted by Gasteiger charge is -2.56. The predicted molar refractivity (Wildman–Crippen MR) is 116 cm³/mol. The number of benzene rings is 1. The largest absolute Gasteiger partial charge is 0.484 e. The van der Waals surface area contributed by atoms with Crippen molar-refractivity contribution >= 4 is 28.6 Å². The highest BCUT2D eigenvalue weighted by molar-refractivity contribution is 8.14. The molecule has 1 aromatic carbocycles. The summed E-state index contributed by atoms with van der Waals surface area (Å²) in [7, 11) is 0. The molecular formula is C24H25NO5S. The summed E-state index contributed by atoms with van der Waals surface area (Å²) >= 11 is 1.28. The third kappa shape index (κ3) is 2.72. The van der Waals surface area contributed by atoms with Crippen LogP contribution < -0.4 is 9.47 Å². The Bertz CT molecular complexity index is 1050. The first-order valence-electron chi connectivity index (χ1n) is 11.1. The van der Waals surface area contributed by atoms with Crippen LogP contribution in [0.3, 0.4) is 0 Å². The second-order valence-corrected chi connectivity index (χ2v) is 10.8. The van der Waals surface area contributed by atoms with Gasteiger partial charge in [-0.05, 0) is 43.9 Å². The Hall–Kier alpha value is -2.12. The summed E-state index contributed by atoms with van der Waals surface area (Å²) in [6.07, 6.45) is 7.32. The molecule has 7 heteroatoms. The molecule has 0 unspecified atom stereocenters. The number of carbonyl (C=O) groups excluding carboxylic acids is 3. The molecular weight excluding hydrogens is 414 g/mol. The standard InChI is InChI=1S/C24H25NO5S/c1-12(26)29-17-7-5-15-19-22(17)30-23-18(31-13(2)27)8-6-16-20(21(15)28)25(11-14-3-4-14)10-9-24(16,19)23/h5-8,14,16,18,20,23H,3-4,9-11H2,1-2H3/t16-,18+,20-,23-,24-/m0/s1. The van der Waals surface area contributed by atoms with Gasteiger partial charge in [0.15, 0.2) is 22.4 Å². The number of piperidine rings is 1. The van der Waals surface area contributed by atoms with Crippen LogP contribution in [0.4, 0.5) is 0 Å². The Morgan fingerprint density at radius 2 is 2.06 bits per heavy atom. The van der Waals surface area contributed by atoms with Crippen LogP contribution in [0, 0.1) is 11.8 Å². The van der Waals surface area contributed by atoms with E-state index in [0.717, 1.165) is 25.1 Å². The number of ether oxygens (including phenoxy) is 2. The molecule has 1 spiro atoms. The second-order valence-electron chi connectivity index (χ2n) is 9.47. The predicted octanol–water partition coefficient (Wildman–Crippen LogP) is 3.13. The summed E-state index contributed by atoms with van der Waals surface area (Å²) in [5, 5.41) is -0.0953. The fourth-order valence-corrected chi connectivity index (χ4v) is 7.28. The smallest absolute Gasteiger partial charge is 0.308 e. The lowest BCUT2D eigenvalue weighted by Crippen LogP contribution is -2.67. The Balaban J connectivity index is 1.53. The first-order valence-corrected chi connectivity index (χ1v) is 11.9. The molecule has 5 aliphatic rings. The molecule has 0 radical (unpaired) electrons. The molecule has 162 valence electrons. The number of esters is 1. The van der Waals surface area contributed by atoms with E-state index in [1.165, 1.54) is 31.5 Å². The van der Waals surface area contributed by atoms with Gasteiger partial charge in [0.2, 0.25) is 0 Å². The maximum Gasteiger partial charge on any atom is 0.308 e. The number of thioether (sulfide) groups is 1. The molecule has 0 aromatic heterocycles.